The van der Waals surface area contributed by atoms with E-state index < -0.39 is 0 Å². The monoisotopic (exact) mass is 261 g/mol. The van der Waals surface area contributed by atoms with Crippen LogP contribution in [0.15, 0.2) is 24.3 Å². The van der Waals surface area contributed by atoms with E-state index in [2.05, 4.69) is 20.7 Å². The lowest BCUT2D eigenvalue weighted by Crippen LogP contribution is -2.37. The molecule has 2 heterocycles. The average molecular weight is 261 g/mol. The number of piperidine rings is 1. The second-order valence-corrected chi connectivity index (χ2v) is 4.79. The first kappa shape index (κ1) is 12.2. The van der Waals surface area contributed by atoms with Gasteiger partial charge in [0.2, 0.25) is 5.82 Å². The Bertz CT molecular complexity index is 547. The molecule has 0 spiro atoms. The second kappa shape index (κ2) is 5.44. The predicted octanol–water partition coefficient (Wildman–Crippen LogP) is 1.62. The number of rotatable bonds is 3. The molecule has 6 heteroatoms. The van der Waals surface area contributed by atoms with Gasteiger partial charge in [-0.2, -0.15) is 4.80 Å². The summed E-state index contributed by atoms with van der Waals surface area (Å²) in [7, 11) is 0. The standard InChI is InChI=1S/C13H16FN5/c14-12-7-2-1-6-11(12)13-16-18-19(17-13)9-10-5-3-4-8-15-10/h1-2,6-7,10,15H,3-5,8-9H2. The second-order valence-electron chi connectivity index (χ2n) is 4.79. The van der Waals surface area contributed by atoms with Crippen molar-refractivity contribution in [2.24, 2.45) is 0 Å². The minimum absolute atomic E-state index is 0.321. The van der Waals surface area contributed by atoms with Crippen LogP contribution in [0.3, 0.4) is 0 Å². The lowest BCUT2D eigenvalue weighted by atomic mass is 10.1. The smallest absolute Gasteiger partial charge is 0.207 e. The van der Waals surface area contributed by atoms with Gasteiger partial charge in [0, 0.05) is 6.04 Å². The highest BCUT2D eigenvalue weighted by Crippen LogP contribution is 2.17. The van der Waals surface area contributed by atoms with Crippen molar-refractivity contribution in [1.29, 1.82) is 0 Å². The summed E-state index contributed by atoms with van der Waals surface area (Å²) < 4.78 is 13.6. The number of hydrogen-bond acceptors (Lipinski definition) is 4. The van der Waals surface area contributed by atoms with E-state index >= 15 is 0 Å². The van der Waals surface area contributed by atoms with Gasteiger partial charge in [-0.15, -0.1) is 10.2 Å². The number of hydrogen-bond donors (Lipinski definition) is 1. The lowest BCUT2D eigenvalue weighted by Gasteiger charge is -2.22. The van der Waals surface area contributed by atoms with Crippen LogP contribution in [0.2, 0.25) is 0 Å². The molecule has 1 aliphatic heterocycles. The molecule has 0 saturated carbocycles. The lowest BCUT2D eigenvalue weighted by molar-refractivity contribution is 0.332. The number of aromatic nitrogens is 4. The quantitative estimate of drug-likeness (QED) is 0.912. The maximum atomic E-state index is 13.6. The van der Waals surface area contributed by atoms with Crippen LogP contribution in [0.5, 0.6) is 0 Å². The molecular weight excluding hydrogens is 245 g/mol. The van der Waals surface area contributed by atoms with Gasteiger partial charge in [-0.25, -0.2) is 4.39 Å². The molecule has 1 N–H and O–H groups in total. The Morgan fingerprint density at radius 2 is 2.21 bits per heavy atom. The zero-order valence-corrected chi connectivity index (χ0v) is 10.6. The Morgan fingerprint density at radius 1 is 1.32 bits per heavy atom. The minimum Gasteiger partial charge on any atom is -0.312 e. The molecule has 3 rings (SSSR count). The topological polar surface area (TPSA) is 55.6 Å². The van der Waals surface area contributed by atoms with Gasteiger partial charge in [-0.05, 0) is 36.7 Å². The van der Waals surface area contributed by atoms with Gasteiger partial charge in [0.1, 0.15) is 5.82 Å². The van der Waals surface area contributed by atoms with Crippen molar-refractivity contribution in [3.05, 3.63) is 30.1 Å². The van der Waals surface area contributed by atoms with E-state index in [4.69, 9.17) is 0 Å². The Balaban J connectivity index is 1.74. The van der Waals surface area contributed by atoms with Crippen molar-refractivity contribution >= 4 is 0 Å². The molecule has 1 aromatic carbocycles. The van der Waals surface area contributed by atoms with Crippen LogP contribution in [0.25, 0.3) is 11.4 Å². The highest BCUT2D eigenvalue weighted by molar-refractivity contribution is 5.54. The van der Waals surface area contributed by atoms with Crippen LogP contribution in [0.1, 0.15) is 19.3 Å². The summed E-state index contributed by atoms with van der Waals surface area (Å²) in [5.74, 6) is 0.0201. The zero-order chi connectivity index (χ0) is 13.1. The molecule has 2 aromatic rings. The zero-order valence-electron chi connectivity index (χ0n) is 10.6. The molecule has 0 amide bonds. The van der Waals surface area contributed by atoms with Gasteiger partial charge in [0.15, 0.2) is 0 Å². The summed E-state index contributed by atoms with van der Waals surface area (Å²) in [6, 6.07) is 6.86. The first-order valence-electron chi connectivity index (χ1n) is 6.59. The number of tetrazole rings is 1. The SMILES string of the molecule is Fc1ccccc1-c1nnn(CC2CCCCN2)n1. The van der Waals surface area contributed by atoms with E-state index in [1.165, 1.54) is 18.9 Å². The fourth-order valence-electron chi connectivity index (χ4n) is 2.35. The molecular formula is C13H16FN5. The number of benzene rings is 1. The number of nitrogens with zero attached hydrogens (tertiary/aromatic N) is 4. The molecule has 0 aliphatic carbocycles. The highest BCUT2D eigenvalue weighted by atomic mass is 19.1. The maximum absolute atomic E-state index is 13.6. The van der Waals surface area contributed by atoms with Crippen molar-refractivity contribution in [1.82, 2.24) is 25.5 Å². The van der Waals surface area contributed by atoms with Gasteiger partial charge in [0.25, 0.3) is 0 Å². The Kier molecular flexibility index (Phi) is 3.50. The van der Waals surface area contributed by atoms with Gasteiger partial charge in [-0.3, -0.25) is 0 Å². The van der Waals surface area contributed by atoms with E-state index in [-0.39, 0.29) is 5.82 Å². The van der Waals surface area contributed by atoms with Crippen molar-refractivity contribution in [3.63, 3.8) is 0 Å². The molecule has 1 atom stereocenters. The highest BCUT2D eigenvalue weighted by Gasteiger charge is 2.16. The fraction of sp³-hybridized carbons (Fsp3) is 0.462. The number of nitrogens with one attached hydrogen (secondary N) is 1. The van der Waals surface area contributed by atoms with Crippen LogP contribution in [-0.2, 0) is 6.54 Å². The van der Waals surface area contributed by atoms with Gasteiger partial charge in [0.05, 0.1) is 12.1 Å². The molecule has 1 aliphatic rings. The molecule has 0 bridgehead atoms. The average Bonchev–Trinajstić information content (AvgIpc) is 2.89. The molecule has 100 valence electrons. The van der Waals surface area contributed by atoms with Crippen LogP contribution in [-0.4, -0.2) is 32.8 Å². The van der Waals surface area contributed by atoms with Crippen molar-refractivity contribution in [2.75, 3.05) is 6.54 Å². The summed E-state index contributed by atoms with van der Waals surface area (Å²) in [6.07, 6.45) is 3.57. The van der Waals surface area contributed by atoms with Crippen LogP contribution >= 0.6 is 0 Å². The molecule has 0 radical (unpaired) electrons. The van der Waals surface area contributed by atoms with Crippen molar-refractivity contribution in [3.8, 4) is 11.4 Å². The summed E-state index contributed by atoms with van der Waals surface area (Å²) >= 11 is 0. The molecule has 1 aromatic heterocycles. The molecule has 5 nitrogen and oxygen atoms in total. The minimum atomic E-state index is -0.321. The first-order chi connectivity index (χ1) is 9.33. The van der Waals surface area contributed by atoms with E-state index in [0.29, 0.717) is 24.0 Å². The third-order valence-corrected chi connectivity index (χ3v) is 3.36. The Labute approximate surface area is 110 Å². The third kappa shape index (κ3) is 2.78. The van der Waals surface area contributed by atoms with Crippen LogP contribution < -0.4 is 5.32 Å². The predicted molar refractivity (Wildman–Crippen MR) is 68.9 cm³/mol. The largest absolute Gasteiger partial charge is 0.312 e. The van der Waals surface area contributed by atoms with E-state index in [1.54, 1.807) is 23.0 Å². The Morgan fingerprint density at radius 3 is 3.00 bits per heavy atom. The molecule has 19 heavy (non-hydrogen) atoms. The Hall–Kier alpha value is -1.82. The van der Waals surface area contributed by atoms with Gasteiger partial charge in [-0.1, -0.05) is 18.6 Å². The van der Waals surface area contributed by atoms with Crippen molar-refractivity contribution < 1.29 is 4.39 Å². The summed E-state index contributed by atoms with van der Waals surface area (Å²) in [6.45, 7) is 1.72. The summed E-state index contributed by atoms with van der Waals surface area (Å²) in [4.78, 5) is 1.55. The number of halogens is 1. The maximum Gasteiger partial charge on any atom is 0.207 e. The normalized spacial score (nSPS) is 19.5. The van der Waals surface area contributed by atoms with E-state index in [0.717, 1.165) is 13.0 Å². The third-order valence-electron chi connectivity index (χ3n) is 3.36. The van der Waals surface area contributed by atoms with Gasteiger partial charge >= 0.3 is 0 Å². The summed E-state index contributed by atoms with van der Waals surface area (Å²) in [5.41, 5.74) is 0.394. The molecule has 1 fully saturated rings. The van der Waals surface area contributed by atoms with E-state index in [1.807, 2.05) is 0 Å². The van der Waals surface area contributed by atoms with Crippen LogP contribution in [0.4, 0.5) is 4.39 Å². The van der Waals surface area contributed by atoms with Crippen LogP contribution in [0, 0.1) is 5.82 Å². The summed E-state index contributed by atoms with van der Waals surface area (Å²) in [5, 5.41) is 15.6. The fourth-order valence-corrected chi connectivity index (χ4v) is 2.35. The molecule has 1 unspecified atom stereocenters. The van der Waals surface area contributed by atoms with E-state index in [9.17, 15) is 4.39 Å². The van der Waals surface area contributed by atoms with Gasteiger partial charge < -0.3 is 5.32 Å². The van der Waals surface area contributed by atoms with Crippen molar-refractivity contribution in [2.45, 2.75) is 31.8 Å². The first-order valence-corrected chi connectivity index (χ1v) is 6.59. The molecule has 1 saturated heterocycles.